The van der Waals surface area contributed by atoms with Crippen LogP contribution in [0.3, 0.4) is 0 Å². The van der Waals surface area contributed by atoms with Crippen molar-refractivity contribution in [1.82, 2.24) is 16.0 Å². The van der Waals surface area contributed by atoms with Gasteiger partial charge in [0.25, 0.3) is 0 Å². The van der Waals surface area contributed by atoms with E-state index < -0.39 is 5.97 Å². The summed E-state index contributed by atoms with van der Waals surface area (Å²) in [5.74, 6) is -1.29. The van der Waals surface area contributed by atoms with Crippen LogP contribution in [0.5, 0.6) is 0 Å². The normalized spacial score (nSPS) is 15.0. The molecule has 4 N–H and O–H groups in total. The van der Waals surface area contributed by atoms with Crippen molar-refractivity contribution in [3.63, 3.8) is 0 Å². The standard InChI is InChI=1S/C15H21N3O4S/c19-13(16-8-11-6-7-12(23-11)14(20)21)9-17-15(22)18-10-4-2-1-3-5-10/h6-7,10H,1-5,8-9H2,(H,16,19)(H,20,21)(H2,17,18,22). The molecule has 0 aliphatic heterocycles. The summed E-state index contributed by atoms with van der Waals surface area (Å²) in [7, 11) is 0. The van der Waals surface area contributed by atoms with Crippen LogP contribution in [0.1, 0.15) is 46.7 Å². The van der Waals surface area contributed by atoms with Gasteiger partial charge in [0.1, 0.15) is 4.88 Å². The summed E-state index contributed by atoms with van der Waals surface area (Å²) < 4.78 is 0. The Balaban J connectivity index is 1.64. The van der Waals surface area contributed by atoms with Crippen molar-refractivity contribution in [2.45, 2.75) is 44.7 Å². The summed E-state index contributed by atoms with van der Waals surface area (Å²) in [5.41, 5.74) is 0. The molecule has 0 saturated heterocycles. The van der Waals surface area contributed by atoms with Crippen LogP contribution in [-0.2, 0) is 11.3 Å². The van der Waals surface area contributed by atoms with E-state index in [0.29, 0.717) is 0 Å². The number of nitrogens with one attached hydrogen (secondary N) is 3. The lowest BCUT2D eigenvalue weighted by Crippen LogP contribution is -2.46. The van der Waals surface area contributed by atoms with Crippen LogP contribution in [0, 0.1) is 0 Å². The molecule has 0 bridgehead atoms. The van der Waals surface area contributed by atoms with Gasteiger partial charge in [-0.3, -0.25) is 4.79 Å². The molecule has 1 aliphatic rings. The predicted molar refractivity (Wildman–Crippen MR) is 86.5 cm³/mol. The number of hydrogen-bond acceptors (Lipinski definition) is 4. The predicted octanol–water partition coefficient (Wildman–Crippen LogP) is 1.69. The van der Waals surface area contributed by atoms with Gasteiger partial charge in [-0.05, 0) is 25.0 Å². The zero-order valence-electron chi connectivity index (χ0n) is 12.8. The Bertz CT molecular complexity index is 567. The molecule has 126 valence electrons. The van der Waals surface area contributed by atoms with Crippen LogP contribution < -0.4 is 16.0 Å². The average Bonchev–Trinajstić information content (AvgIpc) is 3.01. The molecule has 1 aromatic heterocycles. The van der Waals surface area contributed by atoms with Gasteiger partial charge in [0.15, 0.2) is 0 Å². The Kier molecular flexibility index (Phi) is 6.40. The number of carboxylic acid groups (broad SMARTS) is 1. The van der Waals surface area contributed by atoms with Gasteiger partial charge in [-0.1, -0.05) is 19.3 Å². The minimum Gasteiger partial charge on any atom is -0.477 e. The Hall–Kier alpha value is -2.09. The van der Waals surface area contributed by atoms with Crippen LogP contribution in [0.2, 0.25) is 0 Å². The third kappa shape index (κ3) is 5.90. The van der Waals surface area contributed by atoms with Gasteiger partial charge in [0.05, 0.1) is 13.1 Å². The summed E-state index contributed by atoms with van der Waals surface area (Å²) in [6.45, 7) is 0.151. The monoisotopic (exact) mass is 339 g/mol. The summed E-state index contributed by atoms with van der Waals surface area (Å²) in [6, 6.07) is 3.05. The fourth-order valence-electron chi connectivity index (χ4n) is 2.48. The molecule has 3 amide bonds. The number of hydrogen-bond donors (Lipinski definition) is 4. The number of carbonyl (C=O) groups excluding carboxylic acids is 2. The van der Waals surface area contributed by atoms with Crippen LogP contribution in [0.25, 0.3) is 0 Å². The van der Waals surface area contributed by atoms with E-state index in [1.54, 1.807) is 6.07 Å². The summed E-state index contributed by atoms with van der Waals surface area (Å²) in [5, 5.41) is 16.9. The summed E-state index contributed by atoms with van der Waals surface area (Å²) >= 11 is 1.12. The van der Waals surface area contributed by atoms with E-state index in [1.165, 1.54) is 12.5 Å². The zero-order chi connectivity index (χ0) is 16.7. The van der Waals surface area contributed by atoms with E-state index in [0.717, 1.165) is 41.9 Å². The maximum atomic E-state index is 11.7. The molecule has 0 aromatic carbocycles. The number of thiophene rings is 1. The second-order valence-corrected chi connectivity index (χ2v) is 6.68. The molecule has 1 saturated carbocycles. The van der Waals surface area contributed by atoms with Crippen molar-refractivity contribution in [3.8, 4) is 0 Å². The third-order valence-corrected chi connectivity index (χ3v) is 4.76. The highest BCUT2D eigenvalue weighted by molar-refractivity contribution is 7.13. The van der Waals surface area contributed by atoms with E-state index in [1.807, 2.05) is 0 Å². The quantitative estimate of drug-likeness (QED) is 0.632. The molecule has 0 unspecified atom stereocenters. The number of carbonyl (C=O) groups is 3. The van der Waals surface area contributed by atoms with Gasteiger partial charge < -0.3 is 21.1 Å². The number of aromatic carboxylic acids is 1. The Labute approximate surface area is 138 Å². The Morgan fingerprint density at radius 1 is 1.13 bits per heavy atom. The lowest BCUT2D eigenvalue weighted by atomic mass is 9.96. The van der Waals surface area contributed by atoms with E-state index in [9.17, 15) is 14.4 Å². The molecule has 8 heteroatoms. The molecule has 0 radical (unpaired) electrons. The second kappa shape index (κ2) is 8.52. The Morgan fingerprint density at radius 3 is 2.52 bits per heavy atom. The van der Waals surface area contributed by atoms with E-state index in [4.69, 9.17) is 5.11 Å². The lowest BCUT2D eigenvalue weighted by Gasteiger charge is -2.22. The highest BCUT2D eigenvalue weighted by Crippen LogP contribution is 2.17. The highest BCUT2D eigenvalue weighted by atomic mass is 32.1. The number of urea groups is 1. The molecule has 1 aromatic rings. The smallest absolute Gasteiger partial charge is 0.345 e. The van der Waals surface area contributed by atoms with Gasteiger partial charge in [0, 0.05) is 10.9 Å². The van der Waals surface area contributed by atoms with Gasteiger partial charge in [-0.25, -0.2) is 9.59 Å². The third-order valence-electron chi connectivity index (χ3n) is 3.68. The second-order valence-electron chi connectivity index (χ2n) is 5.51. The molecule has 0 atom stereocenters. The molecule has 1 fully saturated rings. The lowest BCUT2D eigenvalue weighted by molar-refractivity contribution is -0.120. The molecule has 7 nitrogen and oxygen atoms in total. The van der Waals surface area contributed by atoms with Crippen molar-refractivity contribution in [2.75, 3.05) is 6.54 Å². The highest BCUT2D eigenvalue weighted by Gasteiger charge is 2.15. The van der Waals surface area contributed by atoms with Crippen molar-refractivity contribution in [1.29, 1.82) is 0 Å². The topological polar surface area (TPSA) is 108 Å². The number of amides is 3. The van der Waals surface area contributed by atoms with Gasteiger partial charge in [-0.2, -0.15) is 0 Å². The molecular formula is C15H21N3O4S. The van der Waals surface area contributed by atoms with Crippen molar-refractivity contribution < 1.29 is 19.5 Å². The number of carboxylic acids is 1. The molecule has 23 heavy (non-hydrogen) atoms. The van der Waals surface area contributed by atoms with Crippen LogP contribution in [-0.4, -0.2) is 35.6 Å². The van der Waals surface area contributed by atoms with Gasteiger partial charge in [-0.15, -0.1) is 11.3 Å². The van der Waals surface area contributed by atoms with Crippen molar-refractivity contribution in [2.24, 2.45) is 0 Å². The largest absolute Gasteiger partial charge is 0.477 e. The number of rotatable bonds is 6. The van der Waals surface area contributed by atoms with Crippen molar-refractivity contribution in [3.05, 3.63) is 21.9 Å². The maximum absolute atomic E-state index is 11.7. The SMILES string of the molecule is O=C(CNC(=O)NC1CCCCC1)NCc1ccc(C(=O)O)s1. The first kappa shape index (κ1) is 17.3. The first-order chi connectivity index (χ1) is 11.0. The molecule has 2 rings (SSSR count). The Morgan fingerprint density at radius 2 is 1.87 bits per heavy atom. The zero-order valence-corrected chi connectivity index (χ0v) is 13.6. The first-order valence-corrected chi connectivity index (χ1v) is 8.49. The molecule has 1 aliphatic carbocycles. The van der Waals surface area contributed by atoms with Crippen LogP contribution in [0.4, 0.5) is 4.79 Å². The minimum atomic E-state index is -0.978. The summed E-state index contributed by atoms with van der Waals surface area (Å²) in [6.07, 6.45) is 5.46. The van der Waals surface area contributed by atoms with Crippen LogP contribution >= 0.6 is 11.3 Å². The molecule has 1 heterocycles. The minimum absolute atomic E-state index is 0.101. The van der Waals surface area contributed by atoms with Gasteiger partial charge in [0.2, 0.25) is 5.91 Å². The fraction of sp³-hybridized carbons (Fsp3) is 0.533. The van der Waals surface area contributed by atoms with E-state index in [2.05, 4.69) is 16.0 Å². The van der Waals surface area contributed by atoms with Gasteiger partial charge >= 0.3 is 12.0 Å². The molecule has 0 spiro atoms. The van der Waals surface area contributed by atoms with E-state index >= 15 is 0 Å². The molecular weight excluding hydrogens is 318 g/mol. The van der Waals surface area contributed by atoms with Crippen LogP contribution in [0.15, 0.2) is 12.1 Å². The first-order valence-electron chi connectivity index (χ1n) is 7.67. The van der Waals surface area contributed by atoms with E-state index in [-0.39, 0.29) is 35.9 Å². The average molecular weight is 339 g/mol. The summed E-state index contributed by atoms with van der Waals surface area (Å²) in [4.78, 5) is 35.1. The fourth-order valence-corrected chi connectivity index (χ4v) is 3.27. The maximum Gasteiger partial charge on any atom is 0.345 e. The van der Waals surface area contributed by atoms with Crippen molar-refractivity contribution >= 4 is 29.2 Å².